The van der Waals surface area contributed by atoms with Crippen LogP contribution in [0.4, 0.5) is 0 Å². The molecule has 1 aliphatic carbocycles. The number of amides is 2. The van der Waals surface area contributed by atoms with E-state index < -0.39 is 0 Å². The Bertz CT molecular complexity index is 1090. The number of rotatable bonds is 6. The van der Waals surface area contributed by atoms with E-state index in [1.54, 1.807) is 0 Å². The Kier molecular flexibility index (Phi) is 6.37. The van der Waals surface area contributed by atoms with E-state index >= 15 is 0 Å². The number of hydrogen-bond donors (Lipinski definition) is 0. The van der Waals surface area contributed by atoms with Crippen LogP contribution in [0.15, 0.2) is 48.5 Å². The van der Waals surface area contributed by atoms with Gasteiger partial charge in [-0.1, -0.05) is 48.5 Å². The summed E-state index contributed by atoms with van der Waals surface area (Å²) in [5.74, 6) is 0.845. The van der Waals surface area contributed by atoms with E-state index in [9.17, 15) is 9.59 Å². The number of hydrogen-bond acceptors (Lipinski definition) is 3. The molecule has 4 aliphatic rings. The Balaban J connectivity index is 1.13. The van der Waals surface area contributed by atoms with Crippen LogP contribution in [0.3, 0.4) is 0 Å². The van der Waals surface area contributed by atoms with Gasteiger partial charge in [0, 0.05) is 55.3 Å². The summed E-state index contributed by atoms with van der Waals surface area (Å²) in [7, 11) is 0. The van der Waals surface area contributed by atoms with E-state index in [4.69, 9.17) is 0 Å². The summed E-state index contributed by atoms with van der Waals surface area (Å²) < 4.78 is 0. The van der Waals surface area contributed by atoms with Gasteiger partial charge in [0.15, 0.2) is 0 Å². The van der Waals surface area contributed by atoms with Crippen molar-refractivity contribution in [3.8, 4) is 0 Å². The zero-order valence-electron chi connectivity index (χ0n) is 21.7. The van der Waals surface area contributed by atoms with Gasteiger partial charge in [0.2, 0.25) is 5.91 Å². The van der Waals surface area contributed by atoms with Crippen molar-refractivity contribution in [2.45, 2.75) is 89.5 Å². The summed E-state index contributed by atoms with van der Waals surface area (Å²) >= 11 is 0. The second-order valence-corrected chi connectivity index (χ2v) is 11.7. The Labute approximate surface area is 215 Å². The average Bonchev–Trinajstić information content (AvgIpc) is 3.55. The minimum atomic E-state index is 0.236. The minimum absolute atomic E-state index is 0.236. The maximum Gasteiger partial charge on any atom is 0.254 e. The first-order valence-corrected chi connectivity index (χ1v) is 14.0. The molecule has 0 N–H and O–H groups in total. The first-order valence-electron chi connectivity index (χ1n) is 14.0. The van der Waals surface area contributed by atoms with Gasteiger partial charge in [-0.25, -0.2) is 0 Å². The van der Waals surface area contributed by atoms with Gasteiger partial charge in [-0.3, -0.25) is 14.5 Å². The van der Waals surface area contributed by atoms with Gasteiger partial charge in [-0.05, 0) is 75.5 Å². The first kappa shape index (κ1) is 23.7. The molecule has 1 saturated carbocycles. The molecule has 2 aromatic rings. The van der Waals surface area contributed by atoms with Crippen LogP contribution >= 0.6 is 0 Å². The molecule has 6 rings (SSSR count). The minimum Gasteiger partial charge on any atom is -0.334 e. The molecule has 190 valence electrons. The lowest BCUT2D eigenvalue weighted by molar-refractivity contribution is -0.135. The Morgan fingerprint density at radius 3 is 2.14 bits per heavy atom. The number of piperidine rings is 1. The van der Waals surface area contributed by atoms with Crippen molar-refractivity contribution in [1.29, 1.82) is 0 Å². The molecule has 4 atom stereocenters. The molecule has 2 bridgehead atoms. The van der Waals surface area contributed by atoms with Gasteiger partial charge in [0.1, 0.15) is 0 Å². The molecule has 36 heavy (non-hydrogen) atoms. The molecule has 5 heteroatoms. The Morgan fingerprint density at radius 2 is 1.50 bits per heavy atom. The van der Waals surface area contributed by atoms with E-state index in [-0.39, 0.29) is 11.8 Å². The van der Waals surface area contributed by atoms with Crippen molar-refractivity contribution in [3.63, 3.8) is 0 Å². The Hall–Kier alpha value is -2.66. The zero-order chi connectivity index (χ0) is 24.8. The van der Waals surface area contributed by atoms with E-state index in [1.807, 2.05) is 12.1 Å². The highest BCUT2D eigenvalue weighted by Crippen LogP contribution is 2.41. The number of benzene rings is 2. The molecular formula is C31H39N3O2. The van der Waals surface area contributed by atoms with Gasteiger partial charge in [0.05, 0.1) is 0 Å². The Morgan fingerprint density at radius 1 is 0.833 bits per heavy atom. The summed E-state index contributed by atoms with van der Waals surface area (Å²) in [6, 6.07) is 18.1. The van der Waals surface area contributed by atoms with Gasteiger partial charge < -0.3 is 9.80 Å². The average molecular weight is 486 g/mol. The SMILES string of the molecule is Cc1cccc(C)c1C(=O)N1[C@@H]2CC[C@H]1CC(N1CC[C@@H](N(Cc3ccccc3)C(=O)C3CC3)C1)C2. The highest BCUT2D eigenvalue weighted by Gasteiger charge is 2.47. The molecule has 0 aromatic heterocycles. The van der Waals surface area contributed by atoms with Gasteiger partial charge in [-0.2, -0.15) is 0 Å². The fourth-order valence-corrected chi connectivity index (χ4v) is 7.14. The van der Waals surface area contributed by atoms with Crippen LogP contribution in [-0.4, -0.2) is 63.8 Å². The number of nitrogens with zero attached hydrogens (tertiary/aromatic N) is 3. The van der Waals surface area contributed by atoms with Gasteiger partial charge in [0.25, 0.3) is 5.91 Å². The largest absolute Gasteiger partial charge is 0.334 e. The third-order valence-electron chi connectivity index (χ3n) is 9.20. The quantitative estimate of drug-likeness (QED) is 0.581. The normalized spacial score (nSPS) is 27.9. The predicted octanol–water partition coefficient (Wildman–Crippen LogP) is 4.95. The molecule has 0 spiro atoms. The van der Waals surface area contributed by atoms with Gasteiger partial charge in [-0.15, -0.1) is 0 Å². The second-order valence-electron chi connectivity index (χ2n) is 11.7. The van der Waals surface area contributed by atoms with Crippen molar-refractivity contribution in [2.75, 3.05) is 13.1 Å². The van der Waals surface area contributed by atoms with Crippen molar-refractivity contribution in [3.05, 3.63) is 70.8 Å². The molecule has 3 aliphatic heterocycles. The summed E-state index contributed by atoms with van der Waals surface area (Å²) in [4.78, 5) is 34.0. The lowest BCUT2D eigenvalue weighted by Gasteiger charge is -2.43. The molecular weight excluding hydrogens is 446 g/mol. The highest BCUT2D eigenvalue weighted by molar-refractivity contribution is 5.97. The second kappa shape index (κ2) is 9.66. The maximum atomic E-state index is 13.7. The number of carbonyl (C=O) groups is 2. The van der Waals surface area contributed by atoms with Crippen LogP contribution in [0, 0.1) is 19.8 Å². The molecule has 2 aromatic carbocycles. The number of carbonyl (C=O) groups excluding carboxylic acids is 2. The topological polar surface area (TPSA) is 43.9 Å². The van der Waals surface area contributed by atoms with E-state index in [1.165, 1.54) is 5.56 Å². The molecule has 0 radical (unpaired) electrons. The number of fused-ring (bicyclic) bond motifs is 2. The smallest absolute Gasteiger partial charge is 0.254 e. The van der Waals surface area contributed by atoms with E-state index in [0.29, 0.717) is 30.1 Å². The van der Waals surface area contributed by atoms with Gasteiger partial charge >= 0.3 is 0 Å². The summed E-state index contributed by atoms with van der Waals surface area (Å²) in [6.45, 7) is 6.87. The molecule has 1 unspecified atom stereocenters. The van der Waals surface area contributed by atoms with Crippen LogP contribution in [0.1, 0.15) is 72.0 Å². The lowest BCUT2D eigenvalue weighted by Crippen LogP contribution is -2.53. The van der Waals surface area contributed by atoms with Crippen molar-refractivity contribution in [1.82, 2.24) is 14.7 Å². The van der Waals surface area contributed by atoms with Crippen molar-refractivity contribution in [2.24, 2.45) is 5.92 Å². The number of likely N-dealkylation sites (tertiary alicyclic amines) is 1. The summed E-state index contributed by atoms with van der Waals surface area (Å²) in [5.41, 5.74) is 4.30. The van der Waals surface area contributed by atoms with Crippen LogP contribution < -0.4 is 0 Å². The highest BCUT2D eigenvalue weighted by atomic mass is 16.2. The fourth-order valence-electron chi connectivity index (χ4n) is 7.14. The molecule has 2 amide bonds. The van der Waals surface area contributed by atoms with Crippen LogP contribution in [0.25, 0.3) is 0 Å². The van der Waals surface area contributed by atoms with Crippen LogP contribution in [0.5, 0.6) is 0 Å². The van der Waals surface area contributed by atoms with Crippen LogP contribution in [-0.2, 0) is 11.3 Å². The van der Waals surface area contributed by atoms with Crippen molar-refractivity contribution >= 4 is 11.8 Å². The van der Waals surface area contributed by atoms with E-state index in [0.717, 1.165) is 81.3 Å². The van der Waals surface area contributed by atoms with E-state index in [2.05, 4.69) is 64.9 Å². The predicted molar refractivity (Wildman–Crippen MR) is 142 cm³/mol. The number of aryl methyl sites for hydroxylation is 2. The standard InChI is InChI=1S/C31H39N3O2/c1-21-7-6-8-22(2)29(21)31(36)34-25-13-14-26(34)18-28(17-25)32-16-15-27(20-32)33(30(35)24-11-12-24)19-23-9-4-3-5-10-23/h3-10,24-28H,11-20H2,1-2H3/t25-,26+,27-,28?/m1/s1. The zero-order valence-corrected chi connectivity index (χ0v) is 21.7. The van der Waals surface area contributed by atoms with Crippen molar-refractivity contribution < 1.29 is 9.59 Å². The van der Waals surface area contributed by atoms with Crippen LogP contribution in [0.2, 0.25) is 0 Å². The third-order valence-corrected chi connectivity index (χ3v) is 9.20. The summed E-state index contributed by atoms with van der Waals surface area (Å²) in [5, 5.41) is 0. The maximum absolute atomic E-state index is 13.7. The lowest BCUT2D eigenvalue weighted by atomic mass is 9.93. The first-order chi connectivity index (χ1) is 17.5. The molecule has 3 heterocycles. The summed E-state index contributed by atoms with van der Waals surface area (Å²) in [6.07, 6.45) is 7.53. The third kappa shape index (κ3) is 4.47. The monoisotopic (exact) mass is 485 g/mol. The molecule has 5 nitrogen and oxygen atoms in total. The fraction of sp³-hybridized carbons (Fsp3) is 0.548. The molecule has 3 saturated heterocycles. The molecule has 4 fully saturated rings.